The fourth-order valence-corrected chi connectivity index (χ4v) is 5.20. The maximum absolute atomic E-state index is 12.9. The first-order chi connectivity index (χ1) is 14.1. The van der Waals surface area contributed by atoms with Gasteiger partial charge in [0.1, 0.15) is 0 Å². The number of hydrogen-bond donors (Lipinski definition) is 2. The topological polar surface area (TPSA) is 90.9 Å². The molecule has 0 aliphatic carbocycles. The number of carbonyl (C=O) groups is 1. The van der Waals surface area contributed by atoms with Crippen LogP contribution in [-0.2, 0) is 14.6 Å². The van der Waals surface area contributed by atoms with Crippen molar-refractivity contribution >= 4 is 45.7 Å². The predicted octanol–water partition coefficient (Wildman–Crippen LogP) is 2.90. The fourth-order valence-electron chi connectivity index (χ4n) is 3.53. The van der Waals surface area contributed by atoms with Gasteiger partial charge in [-0.05, 0) is 49.9 Å². The van der Waals surface area contributed by atoms with E-state index in [1.807, 2.05) is 45.6 Å². The molecule has 1 aromatic rings. The number of aryl methyl sites for hydroxylation is 2. The van der Waals surface area contributed by atoms with E-state index >= 15 is 0 Å². The normalized spacial score (nSPS) is 18.0. The average molecular weight is 565 g/mol. The van der Waals surface area contributed by atoms with Crippen molar-refractivity contribution < 1.29 is 13.2 Å². The molecule has 0 bridgehead atoms. The minimum Gasteiger partial charge on any atom is -0.353 e. The summed E-state index contributed by atoms with van der Waals surface area (Å²) in [7, 11) is -1.75. The Labute approximate surface area is 204 Å². The Kier molecular flexibility index (Phi) is 10.7. The standard InChI is InChI=1S/C22H36N4O3S.HI/c1-7-18(14-30(28,29)20-9-8-16(4)17(5)12-20)24-22(23-6)25-19-10-11-26(13-19)21(27)15(2)3;/h8-9,12,15,18-19H,7,10-11,13-14H2,1-6H3,(H2,23,24,25);1H. The zero-order chi connectivity index (χ0) is 22.5. The molecule has 0 radical (unpaired) electrons. The van der Waals surface area contributed by atoms with Crippen molar-refractivity contribution in [3.63, 3.8) is 0 Å². The molecule has 176 valence electrons. The van der Waals surface area contributed by atoms with Crippen LogP contribution in [0.5, 0.6) is 0 Å². The minimum absolute atomic E-state index is 0. The quantitative estimate of drug-likeness (QED) is 0.302. The van der Waals surface area contributed by atoms with E-state index < -0.39 is 9.84 Å². The Morgan fingerprint density at radius 1 is 1.26 bits per heavy atom. The van der Waals surface area contributed by atoms with Crippen LogP contribution in [0.15, 0.2) is 28.1 Å². The number of carbonyl (C=O) groups excluding carboxylic acids is 1. The number of benzene rings is 1. The monoisotopic (exact) mass is 564 g/mol. The minimum atomic E-state index is -3.42. The first-order valence-electron chi connectivity index (χ1n) is 10.7. The first-order valence-corrected chi connectivity index (χ1v) is 12.3. The van der Waals surface area contributed by atoms with E-state index in [1.54, 1.807) is 19.2 Å². The molecule has 2 rings (SSSR count). The zero-order valence-electron chi connectivity index (χ0n) is 19.4. The van der Waals surface area contributed by atoms with Gasteiger partial charge in [0, 0.05) is 38.1 Å². The van der Waals surface area contributed by atoms with Crippen LogP contribution in [-0.4, -0.2) is 63.2 Å². The Bertz CT molecular complexity index is 887. The van der Waals surface area contributed by atoms with Crippen molar-refractivity contribution in [3.8, 4) is 0 Å². The summed E-state index contributed by atoms with van der Waals surface area (Å²) in [6.45, 7) is 11.0. The fraction of sp³-hybridized carbons (Fsp3) is 0.636. The van der Waals surface area contributed by atoms with Gasteiger partial charge in [0.2, 0.25) is 5.91 Å². The molecule has 2 N–H and O–H groups in total. The Morgan fingerprint density at radius 2 is 1.94 bits per heavy atom. The number of amides is 1. The summed E-state index contributed by atoms with van der Waals surface area (Å²) in [5.74, 6) is 0.713. The van der Waals surface area contributed by atoms with E-state index in [-0.39, 0.29) is 53.6 Å². The van der Waals surface area contributed by atoms with Gasteiger partial charge in [-0.3, -0.25) is 9.79 Å². The maximum Gasteiger partial charge on any atom is 0.225 e. The molecule has 9 heteroatoms. The molecule has 2 atom stereocenters. The highest BCUT2D eigenvalue weighted by atomic mass is 127. The molecule has 31 heavy (non-hydrogen) atoms. The van der Waals surface area contributed by atoms with Crippen LogP contribution >= 0.6 is 24.0 Å². The summed E-state index contributed by atoms with van der Waals surface area (Å²) < 4.78 is 25.8. The van der Waals surface area contributed by atoms with Crippen molar-refractivity contribution in [1.29, 1.82) is 0 Å². The van der Waals surface area contributed by atoms with Crippen molar-refractivity contribution in [1.82, 2.24) is 15.5 Å². The third-order valence-corrected chi connectivity index (χ3v) is 7.46. The van der Waals surface area contributed by atoms with Crippen molar-refractivity contribution in [3.05, 3.63) is 29.3 Å². The number of halogens is 1. The van der Waals surface area contributed by atoms with Gasteiger partial charge in [-0.15, -0.1) is 24.0 Å². The molecule has 0 spiro atoms. The van der Waals surface area contributed by atoms with Gasteiger partial charge in [0.05, 0.1) is 10.6 Å². The van der Waals surface area contributed by atoms with Crippen LogP contribution < -0.4 is 10.6 Å². The van der Waals surface area contributed by atoms with Gasteiger partial charge in [0.25, 0.3) is 0 Å². The van der Waals surface area contributed by atoms with Gasteiger partial charge < -0.3 is 15.5 Å². The molecule has 0 aromatic heterocycles. The number of nitrogens with zero attached hydrogens (tertiary/aromatic N) is 2. The van der Waals surface area contributed by atoms with Crippen molar-refractivity contribution in [2.24, 2.45) is 10.9 Å². The largest absolute Gasteiger partial charge is 0.353 e. The van der Waals surface area contributed by atoms with Gasteiger partial charge in [-0.25, -0.2) is 8.42 Å². The summed E-state index contributed by atoms with van der Waals surface area (Å²) in [6.07, 6.45) is 1.49. The second-order valence-electron chi connectivity index (χ2n) is 8.42. The third kappa shape index (κ3) is 7.62. The summed E-state index contributed by atoms with van der Waals surface area (Å²) in [6, 6.07) is 5.10. The number of nitrogens with one attached hydrogen (secondary N) is 2. The lowest BCUT2D eigenvalue weighted by molar-refractivity contribution is -0.133. The molecule has 1 fully saturated rings. The second kappa shape index (κ2) is 12.0. The lowest BCUT2D eigenvalue weighted by Gasteiger charge is -2.23. The lowest BCUT2D eigenvalue weighted by Crippen LogP contribution is -2.50. The van der Waals surface area contributed by atoms with E-state index in [2.05, 4.69) is 15.6 Å². The van der Waals surface area contributed by atoms with Crippen LogP contribution in [0, 0.1) is 19.8 Å². The molecular weight excluding hydrogens is 527 g/mol. The highest BCUT2D eigenvalue weighted by Crippen LogP contribution is 2.18. The van der Waals surface area contributed by atoms with Crippen molar-refractivity contribution in [2.45, 2.75) is 64.4 Å². The van der Waals surface area contributed by atoms with Gasteiger partial charge in [-0.2, -0.15) is 0 Å². The molecule has 1 aromatic carbocycles. The smallest absolute Gasteiger partial charge is 0.225 e. The van der Waals surface area contributed by atoms with E-state index in [9.17, 15) is 13.2 Å². The van der Waals surface area contributed by atoms with E-state index in [0.717, 1.165) is 24.1 Å². The Morgan fingerprint density at radius 3 is 2.48 bits per heavy atom. The van der Waals surface area contributed by atoms with Crippen LogP contribution in [0.2, 0.25) is 0 Å². The molecule has 1 aliphatic heterocycles. The highest BCUT2D eigenvalue weighted by molar-refractivity contribution is 14.0. The molecule has 7 nitrogen and oxygen atoms in total. The molecule has 1 saturated heterocycles. The van der Waals surface area contributed by atoms with Crippen LogP contribution in [0.4, 0.5) is 0 Å². The van der Waals surface area contributed by atoms with E-state index in [1.165, 1.54) is 0 Å². The third-order valence-electron chi connectivity index (χ3n) is 5.65. The maximum atomic E-state index is 12.9. The molecular formula is C22H37IN4O3S. The summed E-state index contributed by atoms with van der Waals surface area (Å²) >= 11 is 0. The number of guanidine groups is 1. The number of aliphatic imine (C=N–C) groups is 1. The number of sulfone groups is 1. The molecule has 1 aliphatic rings. The molecule has 1 heterocycles. The molecule has 2 unspecified atom stereocenters. The van der Waals surface area contributed by atoms with Gasteiger partial charge in [-0.1, -0.05) is 26.8 Å². The first kappa shape index (κ1) is 27.7. The van der Waals surface area contributed by atoms with Crippen LogP contribution in [0.3, 0.4) is 0 Å². The molecule has 0 saturated carbocycles. The van der Waals surface area contributed by atoms with Crippen LogP contribution in [0.25, 0.3) is 0 Å². The summed E-state index contributed by atoms with van der Waals surface area (Å²) in [5, 5.41) is 6.60. The van der Waals surface area contributed by atoms with E-state index in [4.69, 9.17) is 0 Å². The number of hydrogen-bond acceptors (Lipinski definition) is 4. The highest BCUT2D eigenvalue weighted by Gasteiger charge is 2.29. The SMILES string of the molecule is CCC(CS(=O)(=O)c1ccc(C)c(C)c1)NC(=NC)NC1CCN(C(=O)C(C)C)C1.I. The Hall–Kier alpha value is -1.36. The zero-order valence-corrected chi connectivity index (χ0v) is 22.6. The summed E-state index contributed by atoms with van der Waals surface area (Å²) in [5.41, 5.74) is 2.04. The lowest BCUT2D eigenvalue weighted by atomic mass is 10.1. The number of rotatable bonds is 7. The second-order valence-corrected chi connectivity index (χ2v) is 10.5. The van der Waals surface area contributed by atoms with Gasteiger partial charge >= 0.3 is 0 Å². The van der Waals surface area contributed by atoms with Crippen LogP contribution in [0.1, 0.15) is 44.7 Å². The predicted molar refractivity (Wildman–Crippen MR) is 137 cm³/mol. The average Bonchev–Trinajstić information content (AvgIpc) is 3.16. The van der Waals surface area contributed by atoms with Crippen molar-refractivity contribution in [2.75, 3.05) is 25.9 Å². The van der Waals surface area contributed by atoms with Gasteiger partial charge in [0.15, 0.2) is 15.8 Å². The van der Waals surface area contributed by atoms with E-state index in [0.29, 0.717) is 23.8 Å². The number of likely N-dealkylation sites (tertiary alicyclic amines) is 1. The Balaban J connectivity index is 0.00000480. The summed E-state index contributed by atoms with van der Waals surface area (Å²) in [4.78, 5) is 18.7. The molecule has 1 amide bonds.